The van der Waals surface area contributed by atoms with Gasteiger partial charge < -0.3 is 9.30 Å². The van der Waals surface area contributed by atoms with Gasteiger partial charge in [0, 0.05) is 23.6 Å². The average Bonchev–Trinajstić information content (AvgIpc) is 2.59. The van der Waals surface area contributed by atoms with Gasteiger partial charge in [0.25, 0.3) is 0 Å². The van der Waals surface area contributed by atoms with Gasteiger partial charge in [-0.15, -0.1) is 0 Å². The van der Waals surface area contributed by atoms with Crippen LogP contribution in [0.5, 0.6) is 0 Å². The van der Waals surface area contributed by atoms with Gasteiger partial charge in [0.15, 0.2) is 0 Å². The molecule has 0 bridgehead atoms. The molecule has 0 aliphatic heterocycles. The van der Waals surface area contributed by atoms with Crippen molar-refractivity contribution in [1.29, 1.82) is 0 Å². The maximum Gasteiger partial charge on any atom is 0.123 e. The zero-order valence-corrected chi connectivity index (χ0v) is 10.5. The summed E-state index contributed by atoms with van der Waals surface area (Å²) in [6.45, 7) is 7.56. The molecule has 0 N–H and O–H groups in total. The van der Waals surface area contributed by atoms with Crippen LogP contribution in [0.2, 0.25) is 0 Å². The van der Waals surface area contributed by atoms with Crippen molar-refractivity contribution in [3.05, 3.63) is 36.3 Å². The molecule has 3 heteroatoms. The second kappa shape index (κ2) is 4.49. The Labute approximate surface area is 101 Å². The van der Waals surface area contributed by atoms with E-state index in [1.807, 2.05) is 39.1 Å². The Hall–Kier alpha value is -1.35. The zero-order valence-electron chi connectivity index (χ0n) is 10.5. The molecule has 0 aliphatic carbocycles. The molecule has 0 saturated heterocycles. The number of hydrogen-bond acceptors (Lipinski definition) is 1. The van der Waals surface area contributed by atoms with E-state index < -0.39 is 0 Å². The summed E-state index contributed by atoms with van der Waals surface area (Å²) in [5, 5.41) is 0.931. The summed E-state index contributed by atoms with van der Waals surface area (Å²) in [7, 11) is 0. The first-order valence-electron chi connectivity index (χ1n) is 5.84. The molecule has 1 heterocycles. The highest BCUT2D eigenvalue weighted by Gasteiger charge is 2.09. The minimum absolute atomic E-state index is 0.116. The van der Waals surface area contributed by atoms with E-state index in [1.54, 1.807) is 6.07 Å². The molecule has 1 aromatic carbocycles. The third-order valence-corrected chi connectivity index (χ3v) is 2.60. The molecule has 0 spiro atoms. The molecular formula is C14H18FNO. The van der Waals surface area contributed by atoms with Crippen molar-refractivity contribution in [3.63, 3.8) is 0 Å². The highest BCUT2D eigenvalue weighted by Crippen LogP contribution is 2.17. The molecule has 2 rings (SSSR count). The van der Waals surface area contributed by atoms with Gasteiger partial charge in [-0.25, -0.2) is 4.39 Å². The van der Waals surface area contributed by atoms with Crippen LogP contribution in [0.3, 0.4) is 0 Å². The van der Waals surface area contributed by atoms with Crippen LogP contribution in [0.25, 0.3) is 10.9 Å². The summed E-state index contributed by atoms with van der Waals surface area (Å²) in [6.07, 6.45) is 1.97. The number of hydrogen-bond donors (Lipinski definition) is 0. The fourth-order valence-corrected chi connectivity index (χ4v) is 1.82. The van der Waals surface area contributed by atoms with E-state index in [1.165, 1.54) is 6.07 Å². The summed E-state index contributed by atoms with van der Waals surface area (Å²) in [5.74, 6) is -0.193. The van der Waals surface area contributed by atoms with Crippen LogP contribution < -0.4 is 0 Å². The van der Waals surface area contributed by atoms with E-state index in [-0.39, 0.29) is 11.4 Å². The normalized spacial score (nSPS) is 12.2. The molecule has 17 heavy (non-hydrogen) atoms. The number of rotatable bonds is 3. The Morgan fingerprint density at radius 2 is 2.00 bits per heavy atom. The van der Waals surface area contributed by atoms with E-state index in [0.29, 0.717) is 6.61 Å². The summed E-state index contributed by atoms with van der Waals surface area (Å²) in [6, 6.07) is 6.77. The minimum Gasteiger partial charge on any atom is -0.374 e. The third kappa shape index (κ3) is 3.07. The van der Waals surface area contributed by atoms with Crippen molar-refractivity contribution in [1.82, 2.24) is 4.57 Å². The van der Waals surface area contributed by atoms with Crippen LogP contribution >= 0.6 is 0 Å². The van der Waals surface area contributed by atoms with E-state index in [2.05, 4.69) is 4.57 Å². The Kier molecular flexibility index (Phi) is 3.20. The number of nitrogens with zero attached hydrogens (tertiary/aromatic N) is 1. The van der Waals surface area contributed by atoms with Gasteiger partial charge in [-0.3, -0.25) is 0 Å². The van der Waals surface area contributed by atoms with Crippen molar-refractivity contribution in [3.8, 4) is 0 Å². The van der Waals surface area contributed by atoms with Gasteiger partial charge in [-0.1, -0.05) is 0 Å². The summed E-state index contributed by atoms with van der Waals surface area (Å²) >= 11 is 0. The number of halogens is 1. The van der Waals surface area contributed by atoms with Gasteiger partial charge in [0.05, 0.1) is 12.2 Å². The van der Waals surface area contributed by atoms with E-state index >= 15 is 0 Å². The van der Waals surface area contributed by atoms with Crippen molar-refractivity contribution >= 4 is 10.9 Å². The fraction of sp³-hybridized carbons (Fsp3) is 0.429. The molecule has 0 fully saturated rings. The summed E-state index contributed by atoms with van der Waals surface area (Å²) in [5.41, 5.74) is 0.929. The Bertz CT molecular complexity index is 510. The van der Waals surface area contributed by atoms with Gasteiger partial charge in [0.1, 0.15) is 5.82 Å². The molecule has 2 nitrogen and oxygen atoms in total. The van der Waals surface area contributed by atoms with Gasteiger partial charge >= 0.3 is 0 Å². The van der Waals surface area contributed by atoms with Crippen LogP contribution in [-0.4, -0.2) is 16.8 Å². The first-order valence-corrected chi connectivity index (χ1v) is 5.84. The van der Waals surface area contributed by atoms with Crippen LogP contribution in [0.15, 0.2) is 30.5 Å². The molecule has 0 atom stereocenters. The Morgan fingerprint density at radius 3 is 2.71 bits per heavy atom. The van der Waals surface area contributed by atoms with Crippen molar-refractivity contribution < 1.29 is 9.13 Å². The van der Waals surface area contributed by atoms with Crippen molar-refractivity contribution in [2.45, 2.75) is 32.9 Å². The lowest BCUT2D eigenvalue weighted by Gasteiger charge is -2.19. The number of aromatic nitrogens is 1. The maximum absolute atomic E-state index is 13.0. The van der Waals surface area contributed by atoms with E-state index in [9.17, 15) is 4.39 Å². The standard InChI is InChI=1S/C14H18FNO/c1-14(2,3)17-9-8-16-7-6-11-10-12(15)4-5-13(11)16/h4-7,10H,8-9H2,1-3H3. The lowest BCUT2D eigenvalue weighted by molar-refractivity contribution is -0.00644. The van der Waals surface area contributed by atoms with Crippen molar-refractivity contribution in [2.75, 3.05) is 6.61 Å². The first kappa shape index (κ1) is 12.1. The second-order valence-corrected chi connectivity index (χ2v) is 5.17. The van der Waals surface area contributed by atoms with Gasteiger partial charge in [0.2, 0.25) is 0 Å². The van der Waals surface area contributed by atoms with E-state index in [0.717, 1.165) is 17.4 Å². The minimum atomic E-state index is -0.193. The Morgan fingerprint density at radius 1 is 1.24 bits per heavy atom. The second-order valence-electron chi connectivity index (χ2n) is 5.17. The SMILES string of the molecule is CC(C)(C)OCCn1ccc2cc(F)ccc21. The number of ether oxygens (including phenoxy) is 1. The smallest absolute Gasteiger partial charge is 0.123 e. The van der Waals surface area contributed by atoms with Crippen LogP contribution in [0.1, 0.15) is 20.8 Å². The molecule has 92 valence electrons. The molecular weight excluding hydrogens is 217 g/mol. The van der Waals surface area contributed by atoms with E-state index in [4.69, 9.17) is 4.74 Å². The lowest BCUT2D eigenvalue weighted by atomic mass is 10.2. The largest absolute Gasteiger partial charge is 0.374 e. The molecule has 0 saturated carbocycles. The van der Waals surface area contributed by atoms with Gasteiger partial charge in [-0.2, -0.15) is 0 Å². The molecule has 0 amide bonds. The highest BCUT2D eigenvalue weighted by atomic mass is 19.1. The topological polar surface area (TPSA) is 14.2 Å². The highest BCUT2D eigenvalue weighted by molar-refractivity contribution is 5.80. The van der Waals surface area contributed by atoms with Crippen molar-refractivity contribution in [2.24, 2.45) is 0 Å². The molecule has 2 aromatic rings. The molecule has 1 aromatic heterocycles. The lowest BCUT2D eigenvalue weighted by Crippen LogP contribution is -2.21. The first-order chi connectivity index (χ1) is 7.96. The molecule has 0 aliphatic rings. The predicted octanol–water partition coefficient (Wildman–Crippen LogP) is 3.60. The molecule has 0 unspecified atom stereocenters. The monoisotopic (exact) mass is 235 g/mol. The van der Waals surface area contributed by atoms with Crippen LogP contribution in [-0.2, 0) is 11.3 Å². The average molecular weight is 235 g/mol. The Balaban J connectivity index is 2.09. The van der Waals surface area contributed by atoms with Crippen LogP contribution in [0.4, 0.5) is 4.39 Å². The fourth-order valence-electron chi connectivity index (χ4n) is 1.82. The quantitative estimate of drug-likeness (QED) is 0.793. The van der Waals surface area contributed by atoms with Gasteiger partial charge in [-0.05, 0) is 45.0 Å². The number of fused-ring (bicyclic) bond motifs is 1. The maximum atomic E-state index is 13.0. The molecule has 0 radical (unpaired) electrons. The third-order valence-electron chi connectivity index (χ3n) is 2.60. The zero-order chi connectivity index (χ0) is 12.5. The predicted molar refractivity (Wildman–Crippen MR) is 67.6 cm³/mol. The number of benzene rings is 1. The summed E-state index contributed by atoms with van der Waals surface area (Å²) in [4.78, 5) is 0. The van der Waals surface area contributed by atoms with Crippen LogP contribution in [0, 0.1) is 5.82 Å². The summed E-state index contributed by atoms with van der Waals surface area (Å²) < 4.78 is 20.8.